The lowest BCUT2D eigenvalue weighted by Gasteiger charge is -2.32. The number of benzene rings is 2. The molecule has 1 aliphatic rings. The van der Waals surface area contributed by atoms with Gasteiger partial charge in [-0.3, -0.25) is 9.59 Å². The maximum absolute atomic E-state index is 13.0. The van der Waals surface area contributed by atoms with Crippen LogP contribution in [0.25, 0.3) is 0 Å². The Balaban J connectivity index is 1.46. The summed E-state index contributed by atoms with van der Waals surface area (Å²) in [6.45, 7) is 1.74. The topological polar surface area (TPSA) is 58.6 Å². The second-order valence-corrected chi connectivity index (χ2v) is 7.61. The maximum atomic E-state index is 13.0. The molecule has 2 aromatic carbocycles. The van der Waals surface area contributed by atoms with Crippen molar-refractivity contribution in [2.45, 2.75) is 12.8 Å². The minimum atomic E-state index is -0.377. The first-order chi connectivity index (χ1) is 13.5. The van der Waals surface area contributed by atoms with Crippen molar-refractivity contribution >= 4 is 27.7 Å². The summed E-state index contributed by atoms with van der Waals surface area (Å²) in [5.74, 6) is -0.135. The molecule has 0 spiro atoms. The Bertz CT molecular complexity index is 829. The Kier molecular flexibility index (Phi) is 7.03. The van der Waals surface area contributed by atoms with Crippen LogP contribution in [0.3, 0.4) is 0 Å². The number of carbonyl (C=O) groups is 2. The highest BCUT2D eigenvalue weighted by Crippen LogP contribution is 2.20. The Morgan fingerprint density at radius 1 is 1.21 bits per heavy atom. The molecule has 0 bridgehead atoms. The number of piperidine rings is 1. The van der Waals surface area contributed by atoms with Gasteiger partial charge in [-0.25, -0.2) is 4.39 Å². The lowest BCUT2D eigenvalue weighted by Crippen LogP contribution is -2.46. The zero-order chi connectivity index (χ0) is 19.9. The van der Waals surface area contributed by atoms with Crippen LogP contribution in [-0.2, 0) is 4.79 Å². The molecule has 1 aliphatic heterocycles. The van der Waals surface area contributed by atoms with Crippen molar-refractivity contribution in [1.29, 1.82) is 0 Å². The van der Waals surface area contributed by atoms with Crippen LogP contribution in [0, 0.1) is 11.7 Å². The SMILES string of the molecule is O=C(NCCOc1cccc(Br)c1)C1CCCN(C(=O)c2ccc(F)cc2)C1. The van der Waals surface area contributed by atoms with Gasteiger partial charge in [-0.05, 0) is 55.3 Å². The first-order valence-corrected chi connectivity index (χ1v) is 10.0. The standard InChI is InChI=1S/C21H22BrFN2O3/c22-17-4-1-5-19(13-17)28-12-10-24-20(26)16-3-2-11-25(14-16)21(27)15-6-8-18(23)9-7-15/h1,4-9,13,16H,2-3,10-12,14H2,(H,24,26). The van der Waals surface area contributed by atoms with Crippen LogP contribution in [0.1, 0.15) is 23.2 Å². The fraction of sp³-hybridized carbons (Fsp3) is 0.333. The Labute approximate surface area is 172 Å². The fourth-order valence-corrected chi connectivity index (χ4v) is 3.57. The molecule has 1 heterocycles. The summed E-state index contributed by atoms with van der Waals surface area (Å²) in [6.07, 6.45) is 1.51. The normalized spacial score (nSPS) is 16.5. The van der Waals surface area contributed by atoms with E-state index >= 15 is 0 Å². The van der Waals surface area contributed by atoms with Crippen molar-refractivity contribution in [1.82, 2.24) is 10.2 Å². The number of rotatable bonds is 6. The van der Waals surface area contributed by atoms with Gasteiger partial charge in [0.25, 0.3) is 5.91 Å². The van der Waals surface area contributed by atoms with Gasteiger partial charge in [-0.2, -0.15) is 0 Å². The van der Waals surface area contributed by atoms with Gasteiger partial charge in [0.2, 0.25) is 5.91 Å². The lowest BCUT2D eigenvalue weighted by atomic mass is 9.96. The molecule has 2 aromatic rings. The third kappa shape index (κ3) is 5.55. The van der Waals surface area contributed by atoms with Gasteiger partial charge in [-0.1, -0.05) is 22.0 Å². The van der Waals surface area contributed by atoms with Crippen molar-refractivity contribution in [2.24, 2.45) is 5.92 Å². The molecule has 0 aromatic heterocycles. The van der Waals surface area contributed by atoms with E-state index in [1.807, 2.05) is 24.3 Å². The molecule has 1 unspecified atom stereocenters. The van der Waals surface area contributed by atoms with E-state index in [-0.39, 0.29) is 23.5 Å². The number of nitrogens with one attached hydrogen (secondary N) is 1. The van der Waals surface area contributed by atoms with E-state index < -0.39 is 0 Å². The zero-order valence-electron chi connectivity index (χ0n) is 15.4. The summed E-state index contributed by atoms with van der Waals surface area (Å²) in [7, 11) is 0. The molecule has 148 valence electrons. The van der Waals surface area contributed by atoms with Gasteiger partial charge < -0.3 is 15.0 Å². The number of hydrogen-bond acceptors (Lipinski definition) is 3. The first kappa shape index (κ1) is 20.3. The van der Waals surface area contributed by atoms with Crippen molar-refractivity contribution in [2.75, 3.05) is 26.2 Å². The molecule has 0 aliphatic carbocycles. The molecule has 2 amide bonds. The molecule has 1 atom stereocenters. The maximum Gasteiger partial charge on any atom is 0.253 e. The second-order valence-electron chi connectivity index (χ2n) is 6.69. The number of likely N-dealkylation sites (tertiary alicyclic amines) is 1. The zero-order valence-corrected chi connectivity index (χ0v) is 17.0. The highest BCUT2D eigenvalue weighted by atomic mass is 79.9. The fourth-order valence-electron chi connectivity index (χ4n) is 3.19. The van der Waals surface area contributed by atoms with Crippen LogP contribution in [0.2, 0.25) is 0 Å². The summed E-state index contributed by atoms with van der Waals surface area (Å²) in [4.78, 5) is 26.7. The molecule has 3 rings (SSSR count). The monoisotopic (exact) mass is 448 g/mol. The minimum absolute atomic E-state index is 0.0746. The Hall–Kier alpha value is -2.41. The molecule has 1 N–H and O–H groups in total. The van der Waals surface area contributed by atoms with E-state index in [0.717, 1.165) is 23.1 Å². The highest BCUT2D eigenvalue weighted by Gasteiger charge is 2.28. The molecule has 1 saturated heterocycles. The number of hydrogen-bond donors (Lipinski definition) is 1. The van der Waals surface area contributed by atoms with Crippen molar-refractivity contribution in [3.05, 3.63) is 64.4 Å². The van der Waals surface area contributed by atoms with Crippen molar-refractivity contribution in [3.8, 4) is 5.75 Å². The summed E-state index contributed by atoms with van der Waals surface area (Å²) in [5.41, 5.74) is 0.435. The van der Waals surface area contributed by atoms with E-state index in [1.54, 1.807) is 4.90 Å². The average molecular weight is 449 g/mol. The van der Waals surface area contributed by atoms with E-state index in [9.17, 15) is 14.0 Å². The Morgan fingerprint density at radius 2 is 2.00 bits per heavy atom. The van der Waals surface area contributed by atoms with Crippen molar-refractivity contribution in [3.63, 3.8) is 0 Å². The van der Waals surface area contributed by atoms with Crippen LogP contribution >= 0.6 is 15.9 Å². The van der Waals surface area contributed by atoms with E-state index in [1.165, 1.54) is 24.3 Å². The summed E-state index contributed by atoms with van der Waals surface area (Å²) in [6, 6.07) is 13.0. The average Bonchev–Trinajstić information content (AvgIpc) is 2.71. The van der Waals surface area contributed by atoms with Gasteiger partial charge in [-0.15, -0.1) is 0 Å². The first-order valence-electron chi connectivity index (χ1n) is 9.24. The van der Waals surface area contributed by atoms with Crippen LogP contribution in [0.5, 0.6) is 5.75 Å². The van der Waals surface area contributed by atoms with Crippen LogP contribution < -0.4 is 10.1 Å². The van der Waals surface area contributed by atoms with Crippen molar-refractivity contribution < 1.29 is 18.7 Å². The van der Waals surface area contributed by atoms with Gasteiger partial charge in [0, 0.05) is 23.1 Å². The summed E-state index contributed by atoms with van der Waals surface area (Å²) < 4.78 is 19.6. The summed E-state index contributed by atoms with van der Waals surface area (Å²) in [5, 5.41) is 2.88. The molecule has 0 radical (unpaired) electrons. The third-order valence-corrected chi connectivity index (χ3v) is 5.13. The molecule has 28 heavy (non-hydrogen) atoms. The van der Waals surface area contributed by atoms with E-state index in [0.29, 0.717) is 31.8 Å². The minimum Gasteiger partial charge on any atom is -0.492 e. The number of amides is 2. The van der Waals surface area contributed by atoms with E-state index in [2.05, 4.69) is 21.2 Å². The van der Waals surface area contributed by atoms with Crippen LogP contribution in [-0.4, -0.2) is 43.0 Å². The quantitative estimate of drug-likeness (QED) is 0.686. The molecule has 1 fully saturated rings. The van der Waals surface area contributed by atoms with Gasteiger partial charge in [0.1, 0.15) is 18.2 Å². The van der Waals surface area contributed by atoms with Crippen LogP contribution in [0.4, 0.5) is 4.39 Å². The molecular weight excluding hydrogens is 427 g/mol. The summed E-state index contributed by atoms with van der Waals surface area (Å²) >= 11 is 3.38. The molecule has 0 saturated carbocycles. The predicted octanol–water partition coefficient (Wildman–Crippen LogP) is 3.64. The third-order valence-electron chi connectivity index (χ3n) is 4.64. The molecule has 5 nitrogen and oxygen atoms in total. The van der Waals surface area contributed by atoms with Crippen LogP contribution in [0.15, 0.2) is 53.0 Å². The lowest BCUT2D eigenvalue weighted by molar-refractivity contribution is -0.126. The number of halogens is 2. The second kappa shape index (κ2) is 9.68. The van der Waals surface area contributed by atoms with Gasteiger partial charge in [0.15, 0.2) is 0 Å². The molecular formula is C21H22BrFN2O3. The Morgan fingerprint density at radius 3 is 2.75 bits per heavy atom. The highest BCUT2D eigenvalue weighted by molar-refractivity contribution is 9.10. The number of nitrogens with zero attached hydrogens (tertiary/aromatic N) is 1. The molecule has 7 heteroatoms. The smallest absolute Gasteiger partial charge is 0.253 e. The van der Waals surface area contributed by atoms with E-state index in [4.69, 9.17) is 4.74 Å². The van der Waals surface area contributed by atoms with Gasteiger partial charge in [0.05, 0.1) is 12.5 Å². The predicted molar refractivity (Wildman–Crippen MR) is 108 cm³/mol. The largest absolute Gasteiger partial charge is 0.492 e. The number of ether oxygens (including phenoxy) is 1. The number of carbonyl (C=O) groups excluding carboxylic acids is 2. The van der Waals surface area contributed by atoms with Gasteiger partial charge >= 0.3 is 0 Å².